The Morgan fingerprint density at radius 2 is 2.12 bits per heavy atom. The maximum Gasteiger partial charge on any atom is 0.0678 e. The Morgan fingerprint density at radius 1 is 1.29 bits per heavy atom. The minimum absolute atomic E-state index is 0.575. The van der Waals surface area contributed by atoms with Crippen LogP contribution in [0, 0.1) is 0 Å². The number of benzene rings is 1. The van der Waals surface area contributed by atoms with E-state index in [1.54, 1.807) is 12.3 Å². The van der Waals surface area contributed by atoms with Crippen molar-refractivity contribution in [2.45, 2.75) is 13.1 Å². The molecule has 2 rings (SSSR count). The van der Waals surface area contributed by atoms with Gasteiger partial charge in [-0.25, -0.2) is 0 Å². The van der Waals surface area contributed by atoms with Gasteiger partial charge in [0, 0.05) is 12.7 Å². The molecule has 2 aromatic rings. The molecule has 0 saturated carbocycles. The molecule has 0 radical (unpaired) electrons. The van der Waals surface area contributed by atoms with E-state index in [0.29, 0.717) is 16.6 Å². The molecule has 90 valence electrons. The van der Waals surface area contributed by atoms with Crippen molar-refractivity contribution in [2.24, 2.45) is 0 Å². The first-order valence-corrected chi connectivity index (χ1v) is 6.06. The molecule has 1 aromatic carbocycles. The first-order valence-electron chi connectivity index (χ1n) is 5.30. The summed E-state index contributed by atoms with van der Waals surface area (Å²) >= 11 is 12.1. The van der Waals surface area contributed by atoms with Gasteiger partial charge in [-0.05, 0) is 24.7 Å². The molecule has 0 fully saturated rings. The van der Waals surface area contributed by atoms with E-state index in [1.807, 2.05) is 29.9 Å². The standard InChI is InChI=1S/C12H13Cl2N3/c1-15-7-10-5-6-16-17(10)8-9-3-2-4-11(13)12(9)14/h2-6,15H,7-8H2,1H3. The minimum atomic E-state index is 0.575. The molecule has 1 N–H and O–H groups in total. The second-order valence-corrected chi connectivity index (χ2v) is 4.51. The van der Waals surface area contributed by atoms with Crippen LogP contribution < -0.4 is 5.32 Å². The third kappa shape index (κ3) is 2.80. The fraction of sp³-hybridized carbons (Fsp3) is 0.250. The summed E-state index contributed by atoms with van der Waals surface area (Å²) in [4.78, 5) is 0. The van der Waals surface area contributed by atoms with E-state index >= 15 is 0 Å². The zero-order valence-corrected chi connectivity index (χ0v) is 11.0. The number of hydrogen-bond acceptors (Lipinski definition) is 2. The zero-order chi connectivity index (χ0) is 12.3. The van der Waals surface area contributed by atoms with Gasteiger partial charge in [0.2, 0.25) is 0 Å². The van der Waals surface area contributed by atoms with Gasteiger partial charge in [0.25, 0.3) is 0 Å². The molecular weight excluding hydrogens is 257 g/mol. The molecule has 0 spiro atoms. The highest BCUT2D eigenvalue weighted by Crippen LogP contribution is 2.26. The van der Waals surface area contributed by atoms with Crippen LogP contribution in [0.15, 0.2) is 30.5 Å². The van der Waals surface area contributed by atoms with Gasteiger partial charge in [0.15, 0.2) is 0 Å². The van der Waals surface area contributed by atoms with Crippen molar-refractivity contribution >= 4 is 23.2 Å². The highest BCUT2D eigenvalue weighted by molar-refractivity contribution is 6.42. The van der Waals surface area contributed by atoms with Crippen LogP contribution in [-0.2, 0) is 13.1 Å². The average molecular weight is 270 g/mol. The maximum absolute atomic E-state index is 6.15. The summed E-state index contributed by atoms with van der Waals surface area (Å²) in [7, 11) is 1.91. The zero-order valence-electron chi connectivity index (χ0n) is 9.45. The van der Waals surface area contributed by atoms with Gasteiger partial charge < -0.3 is 5.32 Å². The predicted molar refractivity (Wildman–Crippen MR) is 70.6 cm³/mol. The predicted octanol–water partition coefficient (Wildman–Crippen LogP) is 2.96. The quantitative estimate of drug-likeness (QED) is 0.925. The molecule has 0 aliphatic carbocycles. The van der Waals surface area contributed by atoms with Crippen LogP contribution in [0.25, 0.3) is 0 Å². The molecule has 0 amide bonds. The largest absolute Gasteiger partial charge is 0.314 e. The van der Waals surface area contributed by atoms with Crippen LogP contribution in [0.3, 0.4) is 0 Å². The number of nitrogens with zero attached hydrogens (tertiary/aromatic N) is 2. The van der Waals surface area contributed by atoms with Gasteiger partial charge in [-0.15, -0.1) is 0 Å². The molecule has 3 nitrogen and oxygen atoms in total. The minimum Gasteiger partial charge on any atom is -0.314 e. The van der Waals surface area contributed by atoms with Gasteiger partial charge >= 0.3 is 0 Å². The smallest absolute Gasteiger partial charge is 0.0678 e. The van der Waals surface area contributed by atoms with Crippen LogP contribution in [-0.4, -0.2) is 16.8 Å². The fourth-order valence-electron chi connectivity index (χ4n) is 1.67. The van der Waals surface area contributed by atoms with Crippen molar-refractivity contribution < 1.29 is 0 Å². The molecule has 0 unspecified atom stereocenters. The van der Waals surface area contributed by atoms with Crippen LogP contribution in [0.4, 0.5) is 0 Å². The lowest BCUT2D eigenvalue weighted by atomic mass is 10.2. The summed E-state index contributed by atoms with van der Waals surface area (Å²) in [6, 6.07) is 7.61. The van der Waals surface area contributed by atoms with Crippen molar-refractivity contribution in [3.05, 3.63) is 51.8 Å². The number of aromatic nitrogens is 2. The Kier molecular flexibility index (Phi) is 4.05. The summed E-state index contributed by atoms with van der Waals surface area (Å²) in [5, 5.41) is 8.55. The van der Waals surface area contributed by atoms with Crippen molar-refractivity contribution in [1.82, 2.24) is 15.1 Å². The molecule has 0 bridgehead atoms. The molecule has 1 aromatic heterocycles. The van der Waals surface area contributed by atoms with Gasteiger partial charge in [-0.3, -0.25) is 4.68 Å². The second kappa shape index (κ2) is 5.54. The number of nitrogens with one attached hydrogen (secondary N) is 1. The Labute approximate surface area is 110 Å². The molecule has 17 heavy (non-hydrogen) atoms. The summed E-state index contributed by atoms with van der Waals surface area (Å²) in [5.74, 6) is 0. The summed E-state index contributed by atoms with van der Waals surface area (Å²) in [6.07, 6.45) is 1.78. The third-order valence-electron chi connectivity index (χ3n) is 2.51. The second-order valence-electron chi connectivity index (χ2n) is 3.72. The van der Waals surface area contributed by atoms with Crippen molar-refractivity contribution in [1.29, 1.82) is 0 Å². The SMILES string of the molecule is CNCc1ccnn1Cc1cccc(Cl)c1Cl. The Balaban J connectivity index is 2.25. The summed E-state index contributed by atoms with van der Waals surface area (Å²) in [6.45, 7) is 1.40. The molecule has 0 aliphatic rings. The van der Waals surface area contributed by atoms with E-state index in [0.717, 1.165) is 17.8 Å². The van der Waals surface area contributed by atoms with Crippen LogP contribution in [0.2, 0.25) is 10.0 Å². The lowest BCUT2D eigenvalue weighted by Crippen LogP contribution is -2.13. The van der Waals surface area contributed by atoms with Gasteiger partial charge in [0.1, 0.15) is 0 Å². The summed E-state index contributed by atoms with van der Waals surface area (Å²) < 4.78 is 1.91. The molecule has 0 saturated heterocycles. The molecule has 0 aliphatic heterocycles. The highest BCUT2D eigenvalue weighted by atomic mass is 35.5. The van der Waals surface area contributed by atoms with E-state index in [1.165, 1.54) is 0 Å². The number of halogens is 2. The molecular formula is C12H13Cl2N3. The van der Waals surface area contributed by atoms with Crippen LogP contribution >= 0.6 is 23.2 Å². The molecule has 5 heteroatoms. The Morgan fingerprint density at radius 3 is 2.88 bits per heavy atom. The third-order valence-corrected chi connectivity index (χ3v) is 3.37. The van der Waals surface area contributed by atoms with Gasteiger partial charge in [0.05, 0.1) is 22.3 Å². The maximum atomic E-state index is 6.15. The number of rotatable bonds is 4. The topological polar surface area (TPSA) is 29.9 Å². The van der Waals surface area contributed by atoms with Crippen molar-refractivity contribution in [3.63, 3.8) is 0 Å². The monoisotopic (exact) mass is 269 g/mol. The van der Waals surface area contributed by atoms with E-state index in [2.05, 4.69) is 10.4 Å². The molecule has 1 heterocycles. The van der Waals surface area contributed by atoms with E-state index < -0.39 is 0 Å². The van der Waals surface area contributed by atoms with Crippen LogP contribution in [0.5, 0.6) is 0 Å². The summed E-state index contributed by atoms with van der Waals surface area (Å²) in [5.41, 5.74) is 2.09. The van der Waals surface area contributed by atoms with E-state index in [-0.39, 0.29) is 0 Å². The lowest BCUT2D eigenvalue weighted by Gasteiger charge is -2.09. The van der Waals surface area contributed by atoms with Crippen LogP contribution in [0.1, 0.15) is 11.3 Å². The number of hydrogen-bond donors (Lipinski definition) is 1. The van der Waals surface area contributed by atoms with E-state index in [9.17, 15) is 0 Å². The normalized spacial score (nSPS) is 10.8. The van der Waals surface area contributed by atoms with Gasteiger partial charge in [-0.1, -0.05) is 35.3 Å². The Hall–Kier alpha value is -1.03. The van der Waals surface area contributed by atoms with Crippen molar-refractivity contribution in [2.75, 3.05) is 7.05 Å². The fourth-order valence-corrected chi connectivity index (χ4v) is 2.05. The average Bonchev–Trinajstić information content (AvgIpc) is 2.73. The first-order chi connectivity index (χ1) is 8.22. The van der Waals surface area contributed by atoms with Gasteiger partial charge in [-0.2, -0.15) is 5.10 Å². The van der Waals surface area contributed by atoms with E-state index in [4.69, 9.17) is 23.2 Å². The Bertz CT molecular complexity index is 508. The first kappa shape index (κ1) is 12.4. The highest BCUT2D eigenvalue weighted by Gasteiger charge is 2.07. The molecule has 0 atom stereocenters. The van der Waals surface area contributed by atoms with Crippen molar-refractivity contribution in [3.8, 4) is 0 Å². The lowest BCUT2D eigenvalue weighted by molar-refractivity contribution is 0.622.